The van der Waals surface area contributed by atoms with Crippen LogP contribution in [0.5, 0.6) is 0 Å². The molecule has 0 spiro atoms. The van der Waals surface area contributed by atoms with Gasteiger partial charge in [0.05, 0.1) is 12.1 Å². The molecular formula is C13H18N2O3. The Morgan fingerprint density at radius 2 is 2.17 bits per heavy atom. The van der Waals surface area contributed by atoms with E-state index >= 15 is 0 Å². The molecule has 1 aliphatic heterocycles. The lowest BCUT2D eigenvalue weighted by molar-refractivity contribution is 0.0879. The number of likely N-dealkylation sites (tertiary alicyclic amines) is 1. The van der Waals surface area contributed by atoms with E-state index in [1.165, 1.54) is 5.56 Å². The van der Waals surface area contributed by atoms with Gasteiger partial charge in [0.1, 0.15) is 0 Å². The van der Waals surface area contributed by atoms with E-state index in [9.17, 15) is 4.79 Å². The van der Waals surface area contributed by atoms with Crippen molar-refractivity contribution >= 4 is 6.09 Å². The molecule has 0 radical (unpaired) electrons. The molecule has 1 fully saturated rings. The van der Waals surface area contributed by atoms with Crippen LogP contribution in [0, 0.1) is 0 Å². The van der Waals surface area contributed by atoms with Crippen molar-refractivity contribution in [3.63, 3.8) is 0 Å². The summed E-state index contributed by atoms with van der Waals surface area (Å²) in [4.78, 5) is 12.9. The molecule has 0 bridgehead atoms. The Labute approximate surface area is 106 Å². The maximum absolute atomic E-state index is 10.7. The third kappa shape index (κ3) is 3.21. The van der Waals surface area contributed by atoms with Crippen LogP contribution in [0.3, 0.4) is 0 Å². The fourth-order valence-corrected chi connectivity index (χ4v) is 2.36. The van der Waals surface area contributed by atoms with Crippen molar-refractivity contribution in [3.8, 4) is 0 Å². The van der Waals surface area contributed by atoms with Gasteiger partial charge in [0, 0.05) is 26.7 Å². The first-order valence-corrected chi connectivity index (χ1v) is 5.97. The molecule has 5 nitrogen and oxygen atoms in total. The Morgan fingerprint density at radius 3 is 2.78 bits per heavy atom. The summed E-state index contributed by atoms with van der Waals surface area (Å²) in [6, 6.07) is 9.98. The molecule has 2 atom stereocenters. The molecule has 1 heterocycles. The Bertz CT molecular complexity index is 396. The smallest absolute Gasteiger partial charge is 0.405 e. The molecule has 1 aromatic rings. The van der Waals surface area contributed by atoms with Crippen molar-refractivity contribution in [2.75, 3.05) is 20.2 Å². The number of nitrogens with one attached hydrogen (secondary N) is 1. The Morgan fingerprint density at radius 1 is 1.44 bits per heavy atom. The van der Waals surface area contributed by atoms with E-state index in [1.54, 1.807) is 7.11 Å². The minimum atomic E-state index is -0.997. The fourth-order valence-electron chi connectivity index (χ4n) is 2.36. The molecule has 0 aromatic heterocycles. The topological polar surface area (TPSA) is 61.8 Å². The van der Waals surface area contributed by atoms with Crippen LogP contribution in [0.2, 0.25) is 0 Å². The summed E-state index contributed by atoms with van der Waals surface area (Å²) in [5.41, 5.74) is 1.23. The molecule has 2 N–H and O–H groups in total. The van der Waals surface area contributed by atoms with Crippen molar-refractivity contribution in [3.05, 3.63) is 35.9 Å². The van der Waals surface area contributed by atoms with E-state index in [-0.39, 0.29) is 12.1 Å². The molecule has 5 heteroatoms. The van der Waals surface area contributed by atoms with Gasteiger partial charge in [0.2, 0.25) is 0 Å². The number of carboxylic acid groups (broad SMARTS) is 1. The van der Waals surface area contributed by atoms with Crippen LogP contribution in [0.15, 0.2) is 30.3 Å². The largest absolute Gasteiger partial charge is 0.465 e. The van der Waals surface area contributed by atoms with E-state index in [0.717, 1.165) is 13.1 Å². The van der Waals surface area contributed by atoms with Gasteiger partial charge < -0.3 is 15.2 Å². The van der Waals surface area contributed by atoms with Crippen molar-refractivity contribution in [1.29, 1.82) is 0 Å². The highest BCUT2D eigenvalue weighted by atomic mass is 16.5. The van der Waals surface area contributed by atoms with E-state index in [0.29, 0.717) is 6.54 Å². The highest BCUT2D eigenvalue weighted by Crippen LogP contribution is 2.16. The first kappa shape index (κ1) is 12.9. The lowest BCUT2D eigenvalue weighted by Gasteiger charge is -2.16. The molecule has 1 saturated heterocycles. The summed E-state index contributed by atoms with van der Waals surface area (Å²) in [7, 11) is 1.62. The van der Waals surface area contributed by atoms with Crippen LogP contribution < -0.4 is 5.32 Å². The number of carbonyl (C=O) groups is 1. The summed E-state index contributed by atoms with van der Waals surface area (Å²) in [5, 5.41) is 11.3. The van der Waals surface area contributed by atoms with Crippen molar-refractivity contribution < 1.29 is 14.6 Å². The Kier molecular flexibility index (Phi) is 4.17. The zero-order chi connectivity index (χ0) is 13.0. The second-order valence-electron chi connectivity index (χ2n) is 4.51. The number of hydrogen-bond acceptors (Lipinski definition) is 3. The zero-order valence-corrected chi connectivity index (χ0v) is 10.4. The van der Waals surface area contributed by atoms with Gasteiger partial charge in [-0.25, -0.2) is 4.79 Å². The summed E-state index contributed by atoms with van der Waals surface area (Å²) in [6.45, 7) is 2.24. The average molecular weight is 250 g/mol. The lowest BCUT2D eigenvalue weighted by Crippen LogP contribution is -2.42. The molecule has 18 heavy (non-hydrogen) atoms. The van der Waals surface area contributed by atoms with Crippen LogP contribution >= 0.6 is 0 Å². The summed E-state index contributed by atoms with van der Waals surface area (Å²) in [6.07, 6.45) is -1.08. The highest BCUT2D eigenvalue weighted by Gasteiger charge is 2.33. The quantitative estimate of drug-likeness (QED) is 0.841. The summed E-state index contributed by atoms with van der Waals surface area (Å²) >= 11 is 0. The SMILES string of the molecule is CO[C@H]1CN(Cc2ccccc2)C[C@H]1NC(=O)O. The van der Waals surface area contributed by atoms with Gasteiger partial charge in [-0.3, -0.25) is 4.90 Å². The van der Waals surface area contributed by atoms with Crippen molar-refractivity contribution in [1.82, 2.24) is 10.2 Å². The molecule has 0 saturated carbocycles. The molecule has 2 rings (SSSR count). The normalized spacial score (nSPS) is 24.1. The number of rotatable bonds is 4. The summed E-state index contributed by atoms with van der Waals surface area (Å²) in [5.74, 6) is 0. The maximum Gasteiger partial charge on any atom is 0.405 e. The average Bonchev–Trinajstić information content (AvgIpc) is 2.71. The predicted molar refractivity (Wildman–Crippen MR) is 67.5 cm³/mol. The monoisotopic (exact) mass is 250 g/mol. The zero-order valence-electron chi connectivity index (χ0n) is 10.4. The second-order valence-corrected chi connectivity index (χ2v) is 4.51. The van der Waals surface area contributed by atoms with Gasteiger partial charge in [-0.2, -0.15) is 0 Å². The van der Waals surface area contributed by atoms with Crippen LogP contribution in [-0.2, 0) is 11.3 Å². The van der Waals surface area contributed by atoms with Crippen LogP contribution in [0.4, 0.5) is 4.79 Å². The highest BCUT2D eigenvalue weighted by molar-refractivity contribution is 5.65. The van der Waals surface area contributed by atoms with Gasteiger partial charge in [0.15, 0.2) is 0 Å². The second kappa shape index (κ2) is 5.84. The van der Waals surface area contributed by atoms with Gasteiger partial charge in [-0.15, -0.1) is 0 Å². The molecule has 0 unspecified atom stereocenters. The number of methoxy groups -OCH3 is 1. The van der Waals surface area contributed by atoms with Crippen molar-refractivity contribution in [2.45, 2.75) is 18.7 Å². The maximum atomic E-state index is 10.7. The molecule has 1 aromatic carbocycles. The van der Waals surface area contributed by atoms with Crippen LogP contribution in [-0.4, -0.2) is 48.4 Å². The number of benzene rings is 1. The van der Waals surface area contributed by atoms with Gasteiger partial charge in [-0.1, -0.05) is 30.3 Å². The third-order valence-electron chi connectivity index (χ3n) is 3.20. The molecule has 98 valence electrons. The number of ether oxygens (including phenoxy) is 1. The summed E-state index contributed by atoms with van der Waals surface area (Å²) < 4.78 is 5.33. The van der Waals surface area contributed by atoms with Gasteiger partial charge >= 0.3 is 6.09 Å². The predicted octanol–water partition coefficient (Wildman–Crippen LogP) is 1.15. The lowest BCUT2D eigenvalue weighted by atomic mass is 10.2. The van der Waals surface area contributed by atoms with E-state index in [4.69, 9.17) is 9.84 Å². The molecule has 0 aliphatic carbocycles. The number of amides is 1. The van der Waals surface area contributed by atoms with Crippen LogP contribution in [0.25, 0.3) is 0 Å². The van der Waals surface area contributed by atoms with E-state index in [2.05, 4.69) is 22.3 Å². The first-order valence-electron chi connectivity index (χ1n) is 5.97. The standard InChI is InChI=1S/C13H18N2O3/c1-18-12-9-15(8-11(12)14-13(16)17)7-10-5-3-2-4-6-10/h2-6,11-12,14H,7-9H2,1H3,(H,16,17)/t11-,12+/m1/s1. The molecule has 1 aliphatic rings. The minimum absolute atomic E-state index is 0.0789. The van der Waals surface area contributed by atoms with Crippen molar-refractivity contribution in [2.24, 2.45) is 0 Å². The minimum Gasteiger partial charge on any atom is -0.465 e. The number of hydrogen-bond donors (Lipinski definition) is 2. The Balaban J connectivity index is 1.94. The fraction of sp³-hybridized carbons (Fsp3) is 0.462. The Hall–Kier alpha value is -1.59. The number of nitrogens with zero attached hydrogens (tertiary/aromatic N) is 1. The molecular weight excluding hydrogens is 232 g/mol. The van der Waals surface area contributed by atoms with Gasteiger partial charge in [0.25, 0.3) is 0 Å². The van der Waals surface area contributed by atoms with Crippen LogP contribution in [0.1, 0.15) is 5.56 Å². The first-order chi connectivity index (χ1) is 8.69. The van der Waals surface area contributed by atoms with Gasteiger partial charge in [-0.05, 0) is 5.56 Å². The van der Waals surface area contributed by atoms with E-state index < -0.39 is 6.09 Å². The third-order valence-corrected chi connectivity index (χ3v) is 3.20. The molecule has 1 amide bonds. The van der Waals surface area contributed by atoms with E-state index in [1.807, 2.05) is 18.2 Å².